The van der Waals surface area contributed by atoms with Crippen LogP contribution < -0.4 is 0 Å². The lowest BCUT2D eigenvalue weighted by Crippen LogP contribution is -2.50. The predicted molar refractivity (Wildman–Crippen MR) is 111 cm³/mol. The molecule has 0 bridgehead atoms. The SMILES string of the molecule is CCn1nc(-c2cccnc2)cc1[C@H]1[C@@H]2C[C@@H](N3CCC4(C3)CS(=O)(=O)C4)C[C@@H]21. The van der Waals surface area contributed by atoms with Gasteiger partial charge in [-0.15, -0.1) is 0 Å². The van der Waals surface area contributed by atoms with Crippen molar-refractivity contribution in [3.05, 3.63) is 36.3 Å². The number of hydrogen-bond donors (Lipinski definition) is 0. The minimum absolute atomic E-state index is 0.0878. The van der Waals surface area contributed by atoms with E-state index in [1.54, 1.807) is 6.20 Å². The second-order valence-corrected chi connectivity index (χ2v) is 11.8. The number of pyridine rings is 1. The van der Waals surface area contributed by atoms with E-state index in [0.29, 0.717) is 23.5 Å². The van der Waals surface area contributed by atoms with Crippen LogP contribution in [0.15, 0.2) is 30.6 Å². The first-order chi connectivity index (χ1) is 14.0. The van der Waals surface area contributed by atoms with E-state index < -0.39 is 9.84 Å². The third-order valence-corrected chi connectivity index (χ3v) is 9.97. The summed E-state index contributed by atoms with van der Waals surface area (Å²) in [6, 6.07) is 6.97. The Morgan fingerprint density at radius 1 is 1.24 bits per heavy atom. The van der Waals surface area contributed by atoms with Gasteiger partial charge in [-0.1, -0.05) is 0 Å². The maximum absolute atomic E-state index is 11.7. The van der Waals surface area contributed by atoms with Gasteiger partial charge in [0.15, 0.2) is 9.84 Å². The standard InChI is InChI=1S/C22H28N4O2S/c1-2-26-20(10-19(24-26)15-4-3-6-23-11-15)21-17-8-16(9-18(17)21)25-7-5-22(12-25)13-29(27,28)14-22/h3-4,6,10-11,16-18,21H,2,5,7-9,12-14H2,1H3/t16-,17-,18+,21+. The van der Waals surface area contributed by atoms with Crippen molar-refractivity contribution in [1.82, 2.24) is 19.7 Å². The largest absolute Gasteiger partial charge is 0.300 e. The van der Waals surface area contributed by atoms with Gasteiger partial charge in [0, 0.05) is 54.1 Å². The molecular weight excluding hydrogens is 384 g/mol. The molecule has 2 aromatic heterocycles. The van der Waals surface area contributed by atoms with E-state index in [4.69, 9.17) is 5.10 Å². The molecule has 0 amide bonds. The molecule has 0 unspecified atom stereocenters. The number of aryl methyl sites for hydroxylation is 1. The minimum Gasteiger partial charge on any atom is -0.300 e. The van der Waals surface area contributed by atoms with Crippen LogP contribution in [0.4, 0.5) is 0 Å². The monoisotopic (exact) mass is 412 g/mol. The topological polar surface area (TPSA) is 68.1 Å². The predicted octanol–water partition coefficient (Wildman–Crippen LogP) is 2.58. The van der Waals surface area contributed by atoms with Crippen LogP contribution >= 0.6 is 0 Å². The van der Waals surface area contributed by atoms with Gasteiger partial charge in [0.1, 0.15) is 0 Å². The van der Waals surface area contributed by atoms with Crippen molar-refractivity contribution < 1.29 is 8.42 Å². The molecule has 2 aromatic rings. The van der Waals surface area contributed by atoms with Gasteiger partial charge in [-0.2, -0.15) is 5.10 Å². The van der Waals surface area contributed by atoms with Crippen LogP contribution in [0.1, 0.15) is 37.8 Å². The summed E-state index contributed by atoms with van der Waals surface area (Å²) in [6.45, 7) is 5.15. The molecule has 2 aliphatic heterocycles. The second kappa shape index (κ2) is 6.14. The van der Waals surface area contributed by atoms with Crippen LogP contribution in [0.25, 0.3) is 11.3 Å². The fourth-order valence-electron chi connectivity index (χ4n) is 6.57. The van der Waals surface area contributed by atoms with Crippen molar-refractivity contribution in [2.75, 3.05) is 24.6 Å². The van der Waals surface area contributed by atoms with Gasteiger partial charge < -0.3 is 0 Å². The van der Waals surface area contributed by atoms with Crippen LogP contribution in [0.5, 0.6) is 0 Å². The maximum Gasteiger partial charge on any atom is 0.151 e. The Morgan fingerprint density at radius 3 is 2.69 bits per heavy atom. The average Bonchev–Trinajstić information content (AvgIpc) is 3.13. The number of hydrogen-bond acceptors (Lipinski definition) is 5. The zero-order valence-electron chi connectivity index (χ0n) is 16.9. The normalized spacial score (nSPS) is 34.2. The van der Waals surface area contributed by atoms with Crippen molar-refractivity contribution >= 4 is 9.84 Å². The quantitative estimate of drug-likeness (QED) is 0.772. The maximum atomic E-state index is 11.7. The lowest BCUT2D eigenvalue weighted by Gasteiger charge is -2.38. The lowest BCUT2D eigenvalue weighted by atomic mass is 9.91. The number of likely N-dealkylation sites (tertiary alicyclic amines) is 1. The van der Waals surface area contributed by atoms with E-state index in [2.05, 4.69) is 33.6 Å². The molecule has 6 nitrogen and oxygen atoms in total. The molecule has 4 heterocycles. The van der Waals surface area contributed by atoms with Gasteiger partial charge >= 0.3 is 0 Å². The van der Waals surface area contributed by atoms with Crippen molar-refractivity contribution in [1.29, 1.82) is 0 Å². The highest BCUT2D eigenvalue weighted by Crippen LogP contribution is 2.64. The zero-order valence-corrected chi connectivity index (χ0v) is 17.7. The molecule has 29 heavy (non-hydrogen) atoms. The van der Waals surface area contributed by atoms with E-state index in [-0.39, 0.29) is 5.41 Å². The molecular formula is C22H28N4O2S. The molecule has 7 heteroatoms. The molecule has 4 atom stereocenters. The Morgan fingerprint density at radius 2 is 2.03 bits per heavy atom. The van der Waals surface area contributed by atoms with Crippen LogP contribution in [-0.4, -0.2) is 58.7 Å². The van der Waals surface area contributed by atoms with E-state index in [1.807, 2.05) is 12.3 Å². The lowest BCUT2D eigenvalue weighted by molar-refractivity contribution is 0.201. The van der Waals surface area contributed by atoms with Crippen LogP contribution in [0.2, 0.25) is 0 Å². The van der Waals surface area contributed by atoms with Gasteiger partial charge in [0.05, 0.1) is 17.2 Å². The Balaban J connectivity index is 1.14. The highest BCUT2D eigenvalue weighted by molar-refractivity contribution is 7.92. The number of rotatable bonds is 4. The highest BCUT2D eigenvalue weighted by Gasteiger charge is 2.60. The molecule has 0 N–H and O–H groups in total. The summed E-state index contributed by atoms with van der Waals surface area (Å²) in [5.74, 6) is 3.03. The molecule has 4 fully saturated rings. The van der Waals surface area contributed by atoms with Crippen LogP contribution in [0, 0.1) is 17.3 Å². The molecule has 0 aromatic carbocycles. The van der Waals surface area contributed by atoms with Gasteiger partial charge in [-0.25, -0.2) is 8.42 Å². The minimum atomic E-state index is -2.74. The Kier molecular flexibility index (Phi) is 3.83. The Hall–Kier alpha value is -1.73. The first kappa shape index (κ1) is 18.1. The van der Waals surface area contributed by atoms with E-state index in [0.717, 1.165) is 49.1 Å². The van der Waals surface area contributed by atoms with E-state index in [9.17, 15) is 8.42 Å². The Labute approximate surface area is 172 Å². The molecule has 4 aliphatic rings. The fourth-order valence-corrected chi connectivity index (χ4v) is 8.82. The van der Waals surface area contributed by atoms with Gasteiger partial charge in [-0.3, -0.25) is 14.6 Å². The highest BCUT2D eigenvalue weighted by atomic mass is 32.2. The van der Waals surface area contributed by atoms with Crippen LogP contribution in [-0.2, 0) is 16.4 Å². The molecule has 0 radical (unpaired) electrons. The zero-order chi connectivity index (χ0) is 19.8. The summed E-state index contributed by atoms with van der Waals surface area (Å²) >= 11 is 0. The van der Waals surface area contributed by atoms with E-state index in [1.165, 1.54) is 18.5 Å². The Bertz CT molecular complexity index is 1020. The van der Waals surface area contributed by atoms with Crippen molar-refractivity contribution in [2.45, 2.75) is 44.7 Å². The van der Waals surface area contributed by atoms with E-state index >= 15 is 0 Å². The third kappa shape index (κ3) is 2.88. The molecule has 1 spiro atoms. The van der Waals surface area contributed by atoms with Crippen molar-refractivity contribution in [3.8, 4) is 11.3 Å². The smallest absolute Gasteiger partial charge is 0.151 e. The molecule has 154 valence electrons. The van der Waals surface area contributed by atoms with Crippen molar-refractivity contribution in [3.63, 3.8) is 0 Å². The van der Waals surface area contributed by atoms with Gasteiger partial charge in [0.25, 0.3) is 0 Å². The summed E-state index contributed by atoms with van der Waals surface area (Å²) in [5.41, 5.74) is 3.60. The molecule has 2 saturated heterocycles. The molecule has 2 aliphatic carbocycles. The van der Waals surface area contributed by atoms with Crippen LogP contribution in [0.3, 0.4) is 0 Å². The number of fused-ring (bicyclic) bond motifs is 1. The summed E-state index contributed by atoms with van der Waals surface area (Å²) in [5, 5.41) is 4.84. The number of nitrogens with zero attached hydrogens (tertiary/aromatic N) is 4. The number of sulfone groups is 1. The first-order valence-electron chi connectivity index (χ1n) is 10.9. The summed E-state index contributed by atoms with van der Waals surface area (Å²) in [4.78, 5) is 6.84. The second-order valence-electron chi connectivity index (χ2n) is 9.74. The molecule has 2 saturated carbocycles. The van der Waals surface area contributed by atoms with Gasteiger partial charge in [0.2, 0.25) is 0 Å². The third-order valence-electron chi connectivity index (χ3n) is 7.87. The summed E-state index contributed by atoms with van der Waals surface area (Å²) in [7, 11) is -2.74. The average molecular weight is 413 g/mol. The summed E-state index contributed by atoms with van der Waals surface area (Å²) < 4.78 is 25.5. The molecule has 6 rings (SSSR count). The first-order valence-corrected chi connectivity index (χ1v) is 12.7. The summed E-state index contributed by atoms with van der Waals surface area (Å²) in [6.07, 6.45) is 7.27. The van der Waals surface area contributed by atoms with Gasteiger partial charge in [-0.05, 0) is 62.8 Å². The van der Waals surface area contributed by atoms with Crippen molar-refractivity contribution in [2.24, 2.45) is 17.3 Å². The fraction of sp³-hybridized carbons (Fsp3) is 0.636. The number of aromatic nitrogens is 3.